The highest BCUT2D eigenvalue weighted by atomic mass is 16.5. The number of likely N-dealkylation sites (tertiary alicyclic amines) is 1. The molecule has 2 fully saturated rings. The molecule has 0 N–H and O–H groups in total. The molecule has 2 aromatic carbocycles. The van der Waals surface area contributed by atoms with E-state index in [0.29, 0.717) is 39.0 Å². The Hall–Kier alpha value is -2.66. The molecule has 5 heteroatoms. The number of nitrogens with zero attached hydrogens (tertiary/aromatic N) is 2. The molecule has 0 aliphatic carbocycles. The lowest BCUT2D eigenvalue weighted by molar-refractivity contribution is -0.150. The van der Waals surface area contributed by atoms with Gasteiger partial charge in [-0.2, -0.15) is 0 Å². The summed E-state index contributed by atoms with van der Waals surface area (Å²) in [5.41, 5.74) is 3.02. The van der Waals surface area contributed by atoms with Gasteiger partial charge in [-0.05, 0) is 48.8 Å². The molecule has 5 nitrogen and oxygen atoms in total. The van der Waals surface area contributed by atoms with Crippen molar-refractivity contribution < 1.29 is 14.3 Å². The molecule has 2 amide bonds. The summed E-state index contributed by atoms with van der Waals surface area (Å²) in [4.78, 5) is 29.8. The van der Waals surface area contributed by atoms with E-state index < -0.39 is 5.41 Å². The van der Waals surface area contributed by atoms with Crippen LogP contribution in [0.4, 0.5) is 0 Å². The first-order chi connectivity index (χ1) is 15.0. The number of hydrogen-bond acceptors (Lipinski definition) is 3. The number of ether oxygens (including phenoxy) is 1. The van der Waals surface area contributed by atoms with Crippen molar-refractivity contribution in [1.82, 2.24) is 9.80 Å². The summed E-state index contributed by atoms with van der Waals surface area (Å²) >= 11 is 0. The van der Waals surface area contributed by atoms with E-state index in [1.165, 1.54) is 11.1 Å². The van der Waals surface area contributed by atoms with Gasteiger partial charge < -0.3 is 14.5 Å². The number of amides is 2. The van der Waals surface area contributed by atoms with Gasteiger partial charge in [-0.3, -0.25) is 9.59 Å². The fourth-order valence-electron chi connectivity index (χ4n) is 5.01. The van der Waals surface area contributed by atoms with Gasteiger partial charge in [-0.25, -0.2) is 0 Å². The second-order valence-electron chi connectivity index (χ2n) is 9.01. The number of piperidine rings is 1. The van der Waals surface area contributed by atoms with Crippen LogP contribution in [0.25, 0.3) is 11.1 Å². The minimum atomic E-state index is -0.498. The van der Waals surface area contributed by atoms with Crippen molar-refractivity contribution in [3.63, 3.8) is 0 Å². The highest BCUT2D eigenvalue weighted by molar-refractivity contribution is 5.85. The molecule has 0 radical (unpaired) electrons. The van der Waals surface area contributed by atoms with Crippen LogP contribution in [-0.4, -0.2) is 61.5 Å². The third-order valence-corrected chi connectivity index (χ3v) is 6.73. The van der Waals surface area contributed by atoms with E-state index in [1.54, 1.807) is 4.90 Å². The highest BCUT2D eigenvalue weighted by Crippen LogP contribution is 2.39. The molecule has 2 aromatic rings. The monoisotopic (exact) mass is 420 g/mol. The third-order valence-electron chi connectivity index (χ3n) is 6.73. The van der Waals surface area contributed by atoms with Crippen LogP contribution in [0.1, 0.15) is 31.2 Å². The van der Waals surface area contributed by atoms with Gasteiger partial charge in [0.1, 0.15) is 6.10 Å². The van der Waals surface area contributed by atoms with Crippen molar-refractivity contribution in [3.05, 3.63) is 60.2 Å². The van der Waals surface area contributed by atoms with E-state index in [0.717, 1.165) is 18.4 Å². The Labute approximate surface area is 185 Å². The first-order valence-electron chi connectivity index (χ1n) is 11.3. The number of carbonyl (C=O) groups is 2. The summed E-state index contributed by atoms with van der Waals surface area (Å²) in [7, 11) is 3.66. The largest absolute Gasteiger partial charge is 0.368 e. The number of hydrogen-bond donors (Lipinski definition) is 0. The Balaban J connectivity index is 1.58. The van der Waals surface area contributed by atoms with Crippen LogP contribution in [0.15, 0.2) is 54.6 Å². The molecule has 2 aliphatic rings. The molecule has 2 saturated heterocycles. The first kappa shape index (κ1) is 21.6. The zero-order valence-electron chi connectivity index (χ0n) is 18.5. The van der Waals surface area contributed by atoms with Gasteiger partial charge in [0.25, 0.3) is 5.91 Å². The Morgan fingerprint density at radius 3 is 2.35 bits per heavy atom. The molecule has 2 aliphatic heterocycles. The minimum absolute atomic E-state index is 0.0908. The Kier molecular flexibility index (Phi) is 6.42. The Morgan fingerprint density at radius 1 is 1.03 bits per heavy atom. The van der Waals surface area contributed by atoms with Crippen molar-refractivity contribution in [2.24, 2.45) is 5.41 Å². The summed E-state index contributed by atoms with van der Waals surface area (Å²) < 4.78 is 5.60. The minimum Gasteiger partial charge on any atom is -0.368 e. The summed E-state index contributed by atoms with van der Waals surface area (Å²) in [5.74, 6) is 0.243. The number of rotatable bonds is 5. The van der Waals surface area contributed by atoms with E-state index >= 15 is 0 Å². The lowest BCUT2D eigenvalue weighted by Crippen LogP contribution is -2.52. The van der Waals surface area contributed by atoms with Crippen molar-refractivity contribution in [2.45, 2.75) is 38.2 Å². The Bertz CT molecular complexity index is 911. The smallest absolute Gasteiger partial charge is 0.251 e. The average molecular weight is 421 g/mol. The van der Waals surface area contributed by atoms with Gasteiger partial charge in [0.2, 0.25) is 5.91 Å². The van der Waals surface area contributed by atoms with Gasteiger partial charge in [0.15, 0.2) is 0 Å². The van der Waals surface area contributed by atoms with Crippen molar-refractivity contribution >= 4 is 11.8 Å². The van der Waals surface area contributed by atoms with Gasteiger partial charge in [0.05, 0.1) is 5.41 Å². The quantitative estimate of drug-likeness (QED) is 0.740. The van der Waals surface area contributed by atoms with Gasteiger partial charge in [-0.15, -0.1) is 0 Å². The van der Waals surface area contributed by atoms with Crippen LogP contribution < -0.4 is 0 Å². The lowest BCUT2D eigenvalue weighted by Gasteiger charge is -2.42. The van der Waals surface area contributed by atoms with Crippen LogP contribution >= 0.6 is 0 Å². The standard InChI is InChI=1S/C26H32N2O3/c1-27(2)25(30)26(14-16-28(17-15-26)24(29)23-13-8-18-31-23)19-21-11-6-7-12-22(21)20-9-4-3-5-10-20/h3-7,9-12,23H,8,13-19H2,1-2H3. The van der Waals surface area contributed by atoms with E-state index in [1.807, 2.05) is 43.3 Å². The Morgan fingerprint density at radius 2 is 1.71 bits per heavy atom. The fourth-order valence-corrected chi connectivity index (χ4v) is 5.01. The van der Waals surface area contributed by atoms with Gasteiger partial charge in [-0.1, -0.05) is 54.6 Å². The molecule has 164 valence electrons. The van der Waals surface area contributed by atoms with Gasteiger partial charge in [0, 0.05) is 33.8 Å². The predicted molar refractivity (Wildman–Crippen MR) is 121 cm³/mol. The summed E-state index contributed by atoms with van der Waals surface area (Å²) in [6, 6.07) is 18.7. The van der Waals surface area contributed by atoms with Crippen LogP contribution in [0.2, 0.25) is 0 Å². The maximum atomic E-state index is 13.4. The summed E-state index contributed by atoms with van der Waals surface area (Å²) in [6.07, 6.45) is 3.48. The molecule has 0 saturated carbocycles. The molecule has 2 heterocycles. The molecule has 1 atom stereocenters. The normalized spacial score (nSPS) is 20.5. The van der Waals surface area contributed by atoms with Crippen LogP contribution in [0.5, 0.6) is 0 Å². The van der Waals surface area contributed by atoms with E-state index in [4.69, 9.17) is 4.74 Å². The van der Waals surface area contributed by atoms with Gasteiger partial charge >= 0.3 is 0 Å². The molecule has 1 unspecified atom stereocenters. The van der Waals surface area contributed by atoms with E-state index in [9.17, 15) is 9.59 Å². The van der Waals surface area contributed by atoms with Crippen LogP contribution in [0.3, 0.4) is 0 Å². The SMILES string of the molecule is CN(C)C(=O)C1(Cc2ccccc2-c2ccccc2)CCN(C(=O)C2CCCO2)CC1. The zero-order valence-corrected chi connectivity index (χ0v) is 18.5. The van der Waals surface area contributed by atoms with E-state index in [2.05, 4.69) is 30.3 Å². The zero-order chi connectivity index (χ0) is 21.8. The molecule has 0 aromatic heterocycles. The second kappa shape index (κ2) is 9.23. The molecule has 31 heavy (non-hydrogen) atoms. The topological polar surface area (TPSA) is 49.9 Å². The first-order valence-corrected chi connectivity index (χ1v) is 11.3. The second-order valence-corrected chi connectivity index (χ2v) is 9.01. The molecule has 0 bridgehead atoms. The average Bonchev–Trinajstić information content (AvgIpc) is 3.34. The van der Waals surface area contributed by atoms with E-state index in [-0.39, 0.29) is 17.9 Å². The lowest BCUT2D eigenvalue weighted by atomic mass is 9.71. The summed E-state index contributed by atoms with van der Waals surface area (Å²) in [6.45, 7) is 1.88. The molecular weight excluding hydrogens is 388 g/mol. The maximum absolute atomic E-state index is 13.4. The highest BCUT2D eigenvalue weighted by Gasteiger charge is 2.44. The number of carbonyl (C=O) groups excluding carboxylic acids is 2. The van der Waals surface area contributed by atoms with Crippen LogP contribution in [-0.2, 0) is 20.7 Å². The maximum Gasteiger partial charge on any atom is 0.251 e. The fraction of sp³-hybridized carbons (Fsp3) is 0.462. The van der Waals surface area contributed by atoms with Crippen LogP contribution in [0, 0.1) is 5.41 Å². The summed E-state index contributed by atoms with van der Waals surface area (Å²) in [5, 5.41) is 0. The van der Waals surface area contributed by atoms with Crippen molar-refractivity contribution in [3.8, 4) is 11.1 Å². The molecular formula is C26H32N2O3. The van der Waals surface area contributed by atoms with Crippen molar-refractivity contribution in [2.75, 3.05) is 33.8 Å². The third kappa shape index (κ3) is 4.52. The predicted octanol–water partition coefficient (Wildman–Crippen LogP) is 3.77. The molecule has 0 spiro atoms. The molecule has 4 rings (SSSR count). The van der Waals surface area contributed by atoms with Crippen molar-refractivity contribution in [1.29, 1.82) is 0 Å². The number of benzene rings is 2.